The molecule has 0 fully saturated rings. The first-order valence-electron chi connectivity index (χ1n) is 13.0. The predicted molar refractivity (Wildman–Crippen MR) is 115 cm³/mol. The fraction of sp³-hybridized carbons (Fsp3) is 0.909. The van der Waals surface area contributed by atoms with Gasteiger partial charge in [0.25, 0.3) is 5.78 Å². The molecule has 33 heteroatoms. The Morgan fingerprint density at radius 2 is 0.709 bits per heavy atom. The molecule has 4 atom stereocenters. The zero-order chi connectivity index (χ0) is 45.0. The molecule has 0 heterocycles. The number of esters is 1. The Morgan fingerprint density at radius 1 is 0.418 bits per heavy atom. The molecule has 0 aliphatic carbocycles. The number of carbonyl (C=O) groups excluding carboxylic acids is 2. The first kappa shape index (κ1) is 52.2. The van der Waals surface area contributed by atoms with Crippen molar-refractivity contribution in [2.24, 2.45) is 0 Å². The second kappa shape index (κ2) is 15.2. The largest absolute Gasteiger partial charge is 0.460 e. The zero-order valence-electron chi connectivity index (χ0n) is 25.0. The number of aliphatic hydroxyl groups excluding tert-OH is 4. The van der Waals surface area contributed by atoms with Gasteiger partial charge in [-0.05, 0) is 6.42 Å². The standard InChI is InChI=1S/C22H16F26O7/c23-11(24,13(27,28)15(31,32)17(35,36)19(39,40)21(43,44)45)2-1-5(49)6(50)7(51)8(52)9(53)10(54)55-4-3-12(25,26)14(29,30)16(33,34)18(37,38)20(41,42)22(46,47)48/h5-8,49-52H,1-4H2/t5?,6-,7+,8+/m0/s1. The molecule has 4 N–H and O–H groups in total. The van der Waals surface area contributed by atoms with Gasteiger partial charge in [0.1, 0.15) is 12.2 Å². The minimum Gasteiger partial charge on any atom is -0.460 e. The molecule has 0 saturated carbocycles. The summed E-state index contributed by atoms with van der Waals surface area (Å²) < 4.78 is 344. The molecule has 0 aromatic carbocycles. The van der Waals surface area contributed by atoms with Crippen LogP contribution in [0.2, 0.25) is 0 Å². The molecule has 0 aromatic heterocycles. The molecule has 0 spiro atoms. The summed E-state index contributed by atoms with van der Waals surface area (Å²) in [7, 11) is 0. The monoisotopic (exact) mass is 886 g/mol. The molecule has 55 heavy (non-hydrogen) atoms. The number of aliphatic hydroxyl groups is 4. The smallest absolute Gasteiger partial charge is 0.460 e. The summed E-state index contributed by atoms with van der Waals surface area (Å²) in [5, 5.41) is 38.1. The molecule has 0 amide bonds. The summed E-state index contributed by atoms with van der Waals surface area (Å²) in [6.45, 7) is -2.65. The Labute approximate surface area is 283 Å². The Hall–Kier alpha value is -2.84. The van der Waals surface area contributed by atoms with Crippen molar-refractivity contribution in [1.29, 1.82) is 0 Å². The second-order valence-corrected chi connectivity index (χ2v) is 10.8. The quantitative estimate of drug-likeness (QED) is 0.0694. The van der Waals surface area contributed by atoms with Crippen molar-refractivity contribution in [3.8, 4) is 0 Å². The van der Waals surface area contributed by atoms with Gasteiger partial charge in [0.05, 0.1) is 19.1 Å². The van der Waals surface area contributed by atoms with E-state index in [2.05, 4.69) is 4.74 Å². The number of alkyl halides is 26. The van der Waals surface area contributed by atoms with Crippen molar-refractivity contribution in [1.82, 2.24) is 0 Å². The fourth-order valence-electron chi connectivity index (χ4n) is 3.45. The van der Waals surface area contributed by atoms with Crippen molar-refractivity contribution in [2.75, 3.05) is 6.61 Å². The van der Waals surface area contributed by atoms with E-state index in [4.69, 9.17) is 0 Å². The molecule has 1 unspecified atom stereocenters. The van der Waals surface area contributed by atoms with Gasteiger partial charge in [0, 0.05) is 6.42 Å². The highest BCUT2D eigenvalue weighted by atomic mass is 19.4. The minimum atomic E-state index is -8.34. The maximum atomic E-state index is 13.9. The number of ether oxygens (including phenoxy) is 1. The maximum Gasteiger partial charge on any atom is 0.460 e. The van der Waals surface area contributed by atoms with Crippen LogP contribution in [-0.4, -0.2) is 135 Å². The van der Waals surface area contributed by atoms with E-state index < -0.39 is 134 Å². The Morgan fingerprint density at radius 3 is 1.02 bits per heavy atom. The molecular formula is C22H16F26O7. The fourth-order valence-corrected chi connectivity index (χ4v) is 3.45. The number of rotatable bonds is 19. The molecule has 0 aliphatic heterocycles. The van der Waals surface area contributed by atoms with Gasteiger partial charge < -0.3 is 25.2 Å². The van der Waals surface area contributed by atoms with Gasteiger partial charge in [-0.1, -0.05) is 0 Å². The van der Waals surface area contributed by atoms with Gasteiger partial charge in [-0.3, -0.25) is 4.79 Å². The van der Waals surface area contributed by atoms with Crippen LogP contribution >= 0.6 is 0 Å². The molecule has 7 nitrogen and oxygen atoms in total. The molecule has 0 rings (SSSR count). The van der Waals surface area contributed by atoms with Crippen LogP contribution in [0.4, 0.5) is 114 Å². The van der Waals surface area contributed by atoms with E-state index >= 15 is 0 Å². The van der Waals surface area contributed by atoms with E-state index in [-0.39, 0.29) is 0 Å². The van der Waals surface area contributed by atoms with E-state index in [0.29, 0.717) is 0 Å². The Bertz CT molecular complexity index is 1360. The average Bonchev–Trinajstić information content (AvgIpc) is 2.99. The van der Waals surface area contributed by atoms with Gasteiger partial charge >= 0.3 is 77.5 Å². The van der Waals surface area contributed by atoms with E-state index in [1.165, 1.54) is 0 Å². The number of carbonyl (C=O) groups is 2. The second-order valence-electron chi connectivity index (χ2n) is 10.8. The first-order chi connectivity index (χ1) is 23.7. The molecule has 0 aromatic rings. The number of hydrogen-bond acceptors (Lipinski definition) is 7. The number of ketones is 1. The van der Waals surface area contributed by atoms with Gasteiger partial charge in [-0.25, -0.2) is 4.79 Å². The van der Waals surface area contributed by atoms with Crippen molar-refractivity contribution in [3.63, 3.8) is 0 Å². The Kier molecular flexibility index (Phi) is 14.4. The highest BCUT2D eigenvalue weighted by Crippen LogP contribution is 2.62. The van der Waals surface area contributed by atoms with Crippen LogP contribution in [0, 0.1) is 0 Å². The maximum absolute atomic E-state index is 13.9. The molecular weight excluding hydrogens is 870 g/mol. The summed E-state index contributed by atoms with van der Waals surface area (Å²) in [6.07, 6.45) is -38.9. The summed E-state index contributed by atoms with van der Waals surface area (Å²) >= 11 is 0. The summed E-state index contributed by atoms with van der Waals surface area (Å²) in [5.74, 6) is -85.0. The van der Waals surface area contributed by atoms with E-state index in [9.17, 15) is 144 Å². The average molecular weight is 886 g/mol. The van der Waals surface area contributed by atoms with Crippen LogP contribution < -0.4 is 0 Å². The van der Waals surface area contributed by atoms with Crippen LogP contribution in [0.25, 0.3) is 0 Å². The van der Waals surface area contributed by atoms with Gasteiger partial charge in [0.15, 0.2) is 6.10 Å². The highest BCUT2D eigenvalue weighted by molar-refractivity contribution is 6.35. The van der Waals surface area contributed by atoms with Crippen LogP contribution in [0.1, 0.15) is 19.3 Å². The lowest BCUT2D eigenvalue weighted by Gasteiger charge is -2.40. The summed E-state index contributed by atoms with van der Waals surface area (Å²) in [4.78, 5) is 23.3. The third-order valence-corrected chi connectivity index (χ3v) is 6.94. The third-order valence-electron chi connectivity index (χ3n) is 6.94. The highest BCUT2D eigenvalue weighted by Gasteiger charge is 2.92. The lowest BCUT2D eigenvalue weighted by atomic mass is 9.90. The third kappa shape index (κ3) is 8.56. The van der Waals surface area contributed by atoms with Crippen LogP contribution in [0.5, 0.6) is 0 Å². The van der Waals surface area contributed by atoms with Gasteiger partial charge in [-0.15, -0.1) is 0 Å². The predicted octanol–water partition coefficient (Wildman–Crippen LogP) is 6.19. The SMILES string of the molecule is O=C(OCCC(F)(F)C(F)(F)C(F)(F)C(F)(F)C(F)(F)C(F)(F)F)C(=O)[C@H](O)[C@H](O)[C@@H](O)C(O)CCC(F)(F)C(F)(F)C(F)(F)C(F)(F)C(F)(F)C(F)(F)F. The Balaban J connectivity index is 5.81. The van der Waals surface area contributed by atoms with Crippen molar-refractivity contribution >= 4 is 11.8 Å². The van der Waals surface area contributed by atoms with Gasteiger partial charge in [-0.2, -0.15) is 114 Å². The van der Waals surface area contributed by atoms with E-state index in [1.807, 2.05) is 0 Å². The number of hydrogen-bond donors (Lipinski definition) is 4. The van der Waals surface area contributed by atoms with E-state index in [0.717, 1.165) is 0 Å². The van der Waals surface area contributed by atoms with Crippen LogP contribution in [-0.2, 0) is 14.3 Å². The summed E-state index contributed by atoms with van der Waals surface area (Å²) in [5.41, 5.74) is 0. The normalized spacial score (nSPS) is 17.8. The first-order valence-corrected chi connectivity index (χ1v) is 13.0. The zero-order valence-corrected chi connectivity index (χ0v) is 25.0. The van der Waals surface area contributed by atoms with Crippen molar-refractivity contribution in [3.05, 3.63) is 0 Å². The molecule has 0 radical (unpaired) electrons. The summed E-state index contributed by atoms with van der Waals surface area (Å²) in [6, 6.07) is 0. The number of Topliss-reactive ketones (excluding diaryl/α,β-unsaturated/α-hetero) is 1. The topological polar surface area (TPSA) is 124 Å². The van der Waals surface area contributed by atoms with Crippen molar-refractivity contribution in [2.45, 2.75) is 115 Å². The lowest BCUT2D eigenvalue weighted by molar-refractivity contribution is -0.440. The van der Waals surface area contributed by atoms with Crippen LogP contribution in [0.3, 0.4) is 0 Å². The van der Waals surface area contributed by atoms with Gasteiger partial charge in [0.2, 0.25) is 0 Å². The lowest BCUT2D eigenvalue weighted by Crippen LogP contribution is -2.70. The minimum absolute atomic E-state index is 2.48. The van der Waals surface area contributed by atoms with Crippen LogP contribution in [0.15, 0.2) is 0 Å². The van der Waals surface area contributed by atoms with Crippen molar-refractivity contribution < 1.29 is 149 Å². The molecule has 328 valence electrons. The van der Waals surface area contributed by atoms with E-state index in [1.54, 1.807) is 0 Å². The molecule has 0 aliphatic rings. The molecule has 0 bridgehead atoms. The number of halogens is 26. The molecule has 0 saturated heterocycles.